The molecule has 0 bridgehead atoms. The molecule has 3 N–H and O–H groups in total. The zero-order valence-electron chi connectivity index (χ0n) is 10.6. The van der Waals surface area contributed by atoms with E-state index in [0.717, 1.165) is 0 Å². The molecule has 0 saturated carbocycles. The average Bonchev–Trinajstić information content (AvgIpc) is 2.42. The summed E-state index contributed by atoms with van der Waals surface area (Å²) in [7, 11) is 0. The molecule has 0 heterocycles. The van der Waals surface area contributed by atoms with Crippen LogP contribution in [0, 0.1) is 5.82 Å². The Morgan fingerprint density at radius 1 is 1.05 bits per heavy atom. The van der Waals surface area contributed by atoms with Crippen molar-refractivity contribution in [3.63, 3.8) is 0 Å². The third-order valence-electron chi connectivity index (χ3n) is 3.22. The number of aliphatic hydroxyl groups is 1. The lowest BCUT2D eigenvalue weighted by atomic mass is 9.89. The van der Waals surface area contributed by atoms with Gasteiger partial charge in [-0.3, -0.25) is 0 Å². The second kappa shape index (κ2) is 6.55. The summed E-state index contributed by atoms with van der Waals surface area (Å²) in [6, 6.07) is 11.0. The van der Waals surface area contributed by atoms with Crippen molar-refractivity contribution < 1.29 is 9.50 Å². The SMILES string of the molecule is NCC(c1ccc(F)cc1Cl)C(O)c1ccccc1Cl. The Kier molecular flexibility index (Phi) is 5.00. The highest BCUT2D eigenvalue weighted by atomic mass is 35.5. The minimum atomic E-state index is -0.906. The molecular weight excluding hydrogens is 300 g/mol. The first-order chi connectivity index (χ1) is 9.54. The van der Waals surface area contributed by atoms with E-state index >= 15 is 0 Å². The molecule has 106 valence electrons. The fourth-order valence-corrected chi connectivity index (χ4v) is 2.71. The molecular formula is C15H14Cl2FNO. The number of nitrogens with two attached hydrogens (primary N) is 1. The number of hydrogen-bond acceptors (Lipinski definition) is 2. The standard InChI is InChI=1S/C15H14Cl2FNO/c16-13-4-2-1-3-11(13)15(20)12(8-19)10-6-5-9(18)7-14(10)17/h1-7,12,15,20H,8,19H2. The van der Waals surface area contributed by atoms with Crippen LogP contribution in [-0.4, -0.2) is 11.7 Å². The maximum Gasteiger partial charge on any atom is 0.124 e. The van der Waals surface area contributed by atoms with Gasteiger partial charge < -0.3 is 10.8 Å². The summed E-state index contributed by atoms with van der Waals surface area (Å²) in [6.07, 6.45) is -0.906. The first kappa shape index (κ1) is 15.3. The van der Waals surface area contributed by atoms with E-state index in [0.29, 0.717) is 16.1 Å². The third kappa shape index (κ3) is 3.13. The van der Waals surface area contributed by atoms with Crippen molar-refractivity contribution in [3.05, 3.63) is 69.5 Å². The molecule has 0 saturated heterocycles. The fraction of sp³-hybridized carbons (Fsp3) is 0.200. The molecule has 0 aliphatic carbocycles. The Hall–Kier alpha value is -1.13. The van der Waals surface area contributed by atoms with Crippen molar-refractivity contribution in [2.24, 2.45) is 5.73 Å². The van der Waals surface area contributed by atoms with E-state index in [2.05, 4.69) is 0 Å². The van der Waals surface area contributed by atoms with Crippen molar-refractivity contribution >= 4 is 23.2 Å². The van der Waals surface area contributed by atoms with E-state index < -0.39 is 17.8 Å². The van der Waals surface area contributed by atoms with Gasteiger partial charge in [-0.05, 0) is 29.3 Å². The predicted octanol–water partition coefficient (Wildman–Crippen LogP) is 3.91. The number of rotatable bonds is 4. The van der Waals surface area contributed by atoms with Gasteiger partial charge in [0.25, 0.3) is 0 Å². The van der Waals surface area contributed by atoms with Gasteiger partial charge in [0.05, 0.1) is 6.10 Å². The quantitative estimate of drug-likeness (QED) is 0.899. The summed E-state index contributed by atoms with van der Waals surface area (Å²) in [5.41, 5.74) is 6.92. The molecule has 0 aromatic heterocycles. The number of halogens is 3. The van der Waals surface area contributed by atoms with E-state index in [1.807, 2.05) is 0 Å². The van der Waals surface area contributed by atoms with Crippen molar-refractivity contribution in [3.8, 4) is 0 Å². The Balaban J connectivity index is 2.39. The summed E-state index contributed by atoms with van der Waals surface area (Å²) in [5, 5.41) is 11.2. The minimum Gasteiger partial charge on any atom is -0.388 e. The van der Waals surface area contributed by atoms with Crippen LogP contribution in [0.15, 0.2) is 42.5 Å². The molecule has 0 aliphatic heterocycles. The van der Waals surface area contributed by atoms with E-state index in [-0.39, 0.29) is 11.6 Å². The molecule has 2 unspecified atom stereocenters. The van der Waals surface area contributed by atoms with Crippen LogP contribution in [-0.2, 0) is 0 Å². The molecule has 2 aromatic carbocycles. The van der Waals surface area contributed by atoms with E-state index in [9.17, 15) is 9.50 Å². The van der Waals surface area contributed by atoms with Gasteiger partial charge in [0, 0.05) is 22.5 Å². The summed E-state index contributed by atoms with van der Waals surface area (Å²) in [4.78, 5) is 0. The Labute approximate surface area is 126 Å². The molecule has 2 aromatic rings. The first-order valence-electron chi connectivity index (χ1n) is 6.12. The van der Waals surface area contributed by atoms with Crippen molar-refractivity contribution in [1.82, 2.24) is 0 Å². The molecule has 0 aliphatic rings. The van der Waals surface area contributed by atoms with Crippen LogP contribution in [0.1, 0.15) is 23.1 Å². The third-order valence-corrected chi connectivity index (χ3v) is 3.89. The van der Waals surface area contributed by atoms with Gasteiger partial charge in [-0.25, -0.2) is 4.39 Å². The monoisotopic (exact) mass is 313 g/mol. The van der Waals surface area contributed by atoms with E-state index in [1.54, 1.807) is 24.3 Å². The molecule has 0 radical (unpaired) electrons. The molecule has 2 nitrogen and oxygen atoms in total. The van der Waals surface area contributed by atoms with Crippen LogP contribution in [0.4, 0.5) is 4.39 Å². The fourth-order valence-electron chi connectivity index (χ4n) is 2.16. The van der Waals surface area contributed by atoms with Crippen molar-refractivity contribution in [2.45, 2.75) is 12.0 Å². The molecule has 5 heteroatoms. The molecule has 0 amide bonds. The lowest BCUT2D eigenvalue weighted by Gasteiger charge is -2.24. The van der Waals surface area contributed by atoms with Crippen LogP contribution in [0.25, 0.3) is 0 Å². The average molecular weight is 314 g/mol. The Morgan fingerprint density at radius 2 is 1.75 bits per heavy atom. The second-order valence-corrected chi connectivity index (χ2v) is 5.29. The topological polar surface area (TPSA) is 46.2 Å². The summed E-state index contributed by atoms with van der Waals surface area (Å²) < 4.78 is 13.1. The first-order valence-corrected chi connectivity index (χ1v) is 6.87. The van der Waals surface area contributed by atoms with Crippen molar-refractivity contribution in [2.75, 3.05) is 6.54 Å². The highest BCUT2D eigenvalue weighted by Gasteiger charge is 2.25. The van der Waals surface area contributed by atoms with Gasteiger partial charge in [-0.2, -0.15) is 0 Å². The van der Waals surface area contributed by atoms with Gasteiger partial charge in [-0.1, -0.05) is 47.5 Å². The lowest BCUT2D eigenvalue weighted by molar-refractivity contribution is 0.147. The summed E-state index contributed by atoms with van der Waals surface area (Å²) >= 11 is 12.1. The van der Waals surface area contributed by atoms with Gasteiger partial charge in [-0.15, -0.1) is 0 Å². The number of benzene rings is 2. The van der Waals surface area contributed by atoms with Crippen molar-refractivity contribution in [1.29, 1.82) is 0 Å². The number of aliphatic hydroxyl groups excluding tert-OH is 1. The highest BCUT2D eigenvalue weighted by Crippen LogP contribution is 2.36. The van der Waals surface area contributed by atoms with Crippen LogP contribution in [0.5, 0.6) is 0 Å². The molecule has 0 spiro atoms. The maximum atomic E-state index is 13.1. The van der Waals surface area contributed by atoms with E-state index in [4.69, 9.17) is 28.9 Å². The molecule has 0 fully saturated rings. The Morgan fingerprint density at radius 3 is 2.35 bits per heavy atom. The molecule has 20 heavy (non-hydrogen) atoms. The van der Waals surface area contributed by atoms with Crippen LogP contribution >= 0.6 is 23.2 Å². The lowest BCUT2D eigenvalue weighted by Crippen LogP contribution is -2.20. The molecule has 2 rings (SSSR count). The minimum absolute atomic E-state index is 0.164. The van der Waals surface area contributed by atoms with Crippen LogP contribution in [0.2, 0.25) is 10.0 Å². The Bertz CT molecular complexity index is 606. The summed E-state index contributed by atoms with van der Waals surface area (Å²) in [5.74, 6) is -0.884. The highest BCUT2D eigenvalue weighted by molar-refractivity contribution is 6.31. The van der Waals surface area contributed by atoms with Gasteiger partial charge in [0.15, 0.2) is 0 Å². The van der Waals surface area contributed by atoms with E-state index in [1.165, 1.54) is 18.2 Å². The largest absolute Gasteiger partial charge is 0.388 e. The maximum absolute atomic E-state index is 13.1. The zero-order chi connectivity index (χ0) is 14.7. The summed E-state index contributed by atoms with van der Waals surface area (Å²) in [6.45, 7) is 0.164. The number of hydrogen-bond donors (Lipinski definition) is 2. The zero-order valence-corrected chi connectivity index (χ0v) is 12.1. The van der Waals surface area contributed by atoms with Gasteiger partial charge in [0.1, 0.15) is 5.82 Å². The molecule has 2 atom stereocenters. The smallest absolute Gasteiger partial charge is 0.124 e. The van der Waals surface area contributed by atoms with Gasteiger partial charge >= 0.3 is 0 Å². The second-order valence-electron chi connectivity index (χ2n) is 4.47. The predicted molar refractivity (Wildman–Crippen MR) is 79.6 cm³/mol. The normalized spacial score (nSPS) is 14.1. The van der Waals surface area contributed by atoms with Gasteiger partial charge in [0.2, 0.25) is 0 Å². The van der Waals surface area contributed by atoms with Crippen LogP contribution < -0.4 is 5.73 Å². The van der Waals surface area contributed by atoms with Crippen LogP contribution in [0.3, 0.4) is 0 Å².